The molecule has 0 fully saturated rings. The molecule has 4 rings (SSSR count). The number of rotatable bonds is 10. The quantitative estimate of drug-likeness (QED) is 0.272. The number of carbonyl (C=O) groups is 1. The summed E-state index contributed by atoms with van der Waals surface area (Å²) in [5, 5.41) is 2.85. The van der Waals surface area contributed by atoms with Gasteiger partial charge in [-0.25, -0.2) is 0 Å². The van der Waals surface area contributed by atoms with Crippen LogP contribution in [0.3, 0.4) is 0 Å². The molecular weight excluding hydrogens is 438 g/mol. The first-order chi connectivity index (χ1) is 17.2. The summed E-state index contributed by atoms with van der Waals surface area (Å²) in [6.45, 7) is 0.944. The Bertz CT molecular complexity index is 1250. The normalized spacial score (nSPS) is 10.7. The minimum absolute atomic E-state index is 0.230. The van der Waals surface area contributed by atoms with Gasteiger partial charge in [-0.2, -0.15) is 0 Å². The van der Waals surface area contributed by atoms with E-state index in [0.29, 0.717) is 30.4 Å². The zero-order valence-corrected chi connectivity index (χ0v) is 19.5. The van der Waals surface area contributed by atoms with Crippen molar-refractivity contribution in [2.45, 2.75) is 13.2 Å². The monoisotopic (exact) mass is 465 g/mol. The van der Waals surface area contributed by atoms with Crippen molar-refractivity contribution in [1.82, 2.24) is 0 Å². The standard InChI is InChI=1S/C30H27NO4/c1-33-29-20-23(12-18-28(29)35-22-25-10-6-3-7-11-25)13-19-30(32)31-26-14-16-27(17-15-26)34-21-24-8-4-2-5-9-24/h2-20H,21-22H2,1H3,(H,31,32)/b19-13+. The van der Waals surface area contributed by atoms with E-state index in [4.69, 9.17) is 14.2 Å². The number of anilines is 1. The molecule has 0 atom stereocenters. The highest BCUT2D eigenvalue weighted by Crippen LogP contribution is 2.29. The maximum absolute atomic E-state index is 12.4. The molecule has 35 heavy (non-hydrogen) atoms. The van der Waals surface area contributed by atoms with Gasteiger partial charge in [0.15, 0.2) is 11.5 Å². The van der Waals surface area contributed by atoms with Crippen LogP contribution in [0, 0.1) is 0 Å². The van der Waals surface area contributed by atoms with Gasteiger partial charge in [0.25, 0.3) is 0 Å². The van der Waals surface area contributed by atoms with Crippen molar-refractivity contribution in [2.24, 2.45) is 0 Å². The smallest absolute Gasteiger partial charge is 0.248 e. The molecule has 5 heteroatoms. The number of ether oxygens (including phenoxy) is 3. The fourth-order valence-corrected chi connectivity index (χ4v) is 3.37. The van der Waals surface area contributed by atoms with Crippen molar-refractivity contribution in [3.8, 4) is 17.2 Å². The Morgan fingerprint density at radius 3 is 2.00 bits per heavy atom. The Labute approximate surface area is 205 Å². The summed E-state index contributed by atoms with van der Waals surface area (Å²) in [4.78, 5) is 12.4. The number of nitrogens with one attached hydrogen (secondary N) is 1. The van der Waals surface area contributed by atoms with Crippen LogP contribution in [-0.2, 0) is 18.0 Å². The third kappa shape index (κ3) is 7.24. The van der Waals surface area contributed by atoms with Gasteiger partial charge in [0.05, 0.1) is 7.11 Å². The van der Waals surface area contributed by atoms with Gasteiger partial charge in [-0.1, -0.05) is 66.7 Å². The number of amides is 1. The lowest BCUT2D eigenvalue weighted by Crippen LogP contribution is -2.07. The lowest BCUT2D eigenvalue weighted by atomic mass is 10.2. The molecule has 0 aliphatic heterocycles. The predicted molar refractivity (Wildman–Crippen MR) is 139 cm³/mol. The van der Waals surface area contributed by atoms with Crippen LogP contribution in [0.15, 0.2) is 109 Å². The first-order valence-corrected chi connectivity index (χ1v) is 11.3. The number of methoxy groups -OCH3 is 1. The average molecular weight is 466 g/mol. The Hall–Kier alpha value is -4.51. The number of carbonyl (C=O) groups excluding carboxylic acids is 1. The fourth-order valence-electron chi connectivity index (χ4n) is 3.37. The topological polar surface area (TPSA) is 56.8 Å². The van der Waals surface area contributed by atoms with Gasteiger partial charge in [-0.05, 0) is 59.2 Å². The van der Waals surface area contributed by atoms with E-state index in [-0.39, 0.29) is 5.91 Å². The average Bonchev–Trinajstić information content (AvgIpc) is 2.91. The molecule has 0 heterocycles. The van der Waals surface area contributed by atoms with Crippen LogP contribution in [0.4, 0.5) is 5.69 Å². The van der Waals surface area contributed by atoms with Crippen molar-refractivity contribution in [2.75, 3.05) is 12.4 Å². The van der Waals surface area contributed by atoms with E-state index in [0.717, 1.165) is 22.4 Å². The third-order valence-electron chi connectivity index (χ3n) is 5.22. The molecule has 0 spiro atoms. The molecule has 0 radical (unpaired) electrons. The van der Waals surface area contributed by atoms with E-state index < -0.39 is 0 Å². The molecule has 176 valence electrons. The zero-order valence-electron chi connectivity index (χ0n) is 19.5. The largest absolute Gasteiger partial charge is 0.493 e. The summed E-state index contributed by atoms with van der Waals surface area (Å²) < 4.78 is 17.1. The molecular formula is C30H27NO4. The summed E-state index contributed by atoms with van der Waals surface area (Å²) >= 11 is 0. The highest BCUT2D eigenvalue weighted by molar-refractivity contribution is 6.02. The number of benzene rings is 4. The molecule has 0 aliphatic rings. The fraction of sp³-hybridized carbons (Fsp3) is 0.100. The van der Waals surface area contributed by atoms with Crippen molar-refractivity contribution in [3.05, 3.63) is 126 Å². The van der Waals surface area contributed by atoms with E-state index in [1.807, 2.05) is 103 Å². The van der Waals surface area contributed by atoms with E-state index in [1.54, 1.807) is 13.2 Å². The minimum atomic E-state index is -0.230. The number of hydrogen-bond acceptors (Lipinski definition) is 4. The first-order valence-electron chi connectivity index (χ1n) is 11.3. The summed E-state index contributed by atoms with van der Waals surface area (Å²) in [5.74, 6) is 1.76. The second-order valence-corrected chi connectivity index (χ2v) is 7.81. The summed E-state index contributed by atoms with van der Waals surface area (Å²) in [7, 11) is 1.60. The molecule has 1 N–H and O–H groups in total. The highest BCUT2D eigenvalue weighted by atomic mass is 16.5. The van der Waals surface area contributed by atoms with Crippen LogP contribution in [0.5, 0.6) is 17.2 Å². The molecule has 0 bridgehead atoms. The van der Waals surface area contributed by atoms with Gasteiger partial charge in [0, 0.05) is 11.8 Å². The zero-order chi connectivity index (χ0) is 24.3. The molecule has 0 unspecified atom stereocenters. The second kappa shape index (κ2) is 12.1. The van der Waals surface area contributed by atoms with Crippen LogP contribution >= 0.6 is 0 Å². The lowest BCUT2D eigenvalue weighted by molar-refractivity contribution is -0.111. The molecule has 4 aromatic rings. The van der Waals surface area contributed by atoms with E-state index in [2.05, 4.69) is 5.32 Å². The van der Waals surface area contributed by atoms with Gasteiger partial charge in [-0.3, -0.25) is 4.79 Å². The van der Waals surface area contributed by atoms with Gasteiger partial charge in [0.1, 0.15) is 19.0 Å². The molecule has 5 nitrogen and oxygen atoms in total. The number of hydrogen-bond donors (Lipinski definition) is 1. The van der Waals surface area contributed by atoms with Gasteiger partial charge in [0.2, 0.25) is 5.91 Å². The van der Waals surface area contributed by atoms with Crippen LogP contribution < -0.4 is 19.5 Å². The van der Waals surface area contributed by atoms with Crippen LogP contribution in [0.2, 0.25) is 0 Å². The Morgan fingerprint density at radius 1 is 0.743 bits per heavy atom. The summed E-state index contributed by atoms with van der Waals surface area (Å²) in [6.07, 6.45) is 3.22. The van der Waals surface area contributed by atoms with Gasteiger partial charge in [-0.15, -0.1) is 0 Å². The minimum Gasteiger partial charge on any atom is -0.493 e. The van der Waals surface area contributed by atoms with Crippen LogP contribution in [0.25, 0.3) is 6.08 Å². The van der Waals surface area contributed by atoms with Crippen molar-refractivity contribution in [1.29, 1.82) is 0 Å². The maximum atomic E-state index is 12.4. The molecule has 4 aromatic carbocycles. The van der Waals surface area contributed by atoms with Crippen molar-refractivity contribution in [3.63, 3.8) is 0 Å². The second-order valence-electron chi connectivity index (χ2n) is 7.81. The molecule has 1 amide bonds. The van der Waals surface area contributed by atoms with Gasteiger partial charge < -0.3 is 19.5 Å². The van der Waals surface area contributed by atoms with E-state index >= 15 is 0 Å². The van der Waals surface area contributed by atoms with Crippen LogP contribution in [0.1, 0.15) is 16.7 Å². The highest BCUT2D eigenvalue weighted by Gasteiger charge is 2.06. The lowest BCUT2D eigenvalue weighted by Gasteiger charge is -2.11. The Balaban J connectivity index is 1.30. The van der Waals surface area contributed by atoms with E-state index in [9.17, 15) is 4.79 Å². The molecule has 0 aromatic heterocycles. The Morgan fingerprint density at radius 2 is 1.37 bits per heavy atom. The summed E-state index contributed by atoms with van der Waals surface area (Å²) in [6, 6.07) is 32.8. The van der Waals surface area contributed by atoms with E-state index in [1.165, 1.54) is 6.08 Å². The maximum Gasteiger partial charge on any atom is 0.248 e. The molecule has 0 saturated carbocycles. The van der Waals surface area contributed by atoms with Crippen molar-refractivity contribution >= 4 is 17.7 Å². The van der Waals surface area contributed by atoms with Gasteiger partial charge >= 0.3 is 0 Å². The first kappa shape index (κ1) is 23.6. The predicted octanol–water partition coefficient (Wildman–Crippen LogP) is 6.51. The Kier molecular flexibility index (Phi) is 8.17. The SMILES string of the molecule is COc1cc(/C=C/C(=O)Nc2ccc(OCc3ccccc3)cc2)ccc1OCc1ccccc1. The molecule has 0 saturated heterocycles. The van der Waals surface area contributed by atoms with Crippen LogP contribution in [-0.4, -0.2) is 13.0 Å². The molecule has 0 aliphatic carbocycles. The third-order valence-corrected chi connectivity index (χ3v) is 5.22. The van der Waals surface area contributed by atoms with Crippen molar-refractivity contribution < 1.29 is 19.0 Å². The summed E-state index contributed by atoms with van der Waals surface area (Å²) in [5.41, 5.74) is 3.69.